The van der Waals surface area contributed by atoms with Crippen molar-refractivity contribution < 1.29 is 4.39 Å². The molecule has 0 saturated carbocycles. The number of rotatable bonds is 3. The molecule has 0 saturated heterocycles. The SMILES string of the molecule is FC1=CCC(c2cccc3[nH]c(-c4[nH]nc5ncc(-c6cccnc6)cc45)nc23)S1. The zero-order chi connectivity index (χ0) is 20.1. The van der Waals surface area contributed by atoms with Crippen LogP contribution >= 0.6 is 11.8 Å². The lowest BCUT2D eigenvalue weighted by Crippen LogP contribution is -1.90. The van der Waals surface area contributed by atoms with E-state index < -0.39 is 0 Å². The Bertz CT molecular complexity index is 1420. The molecule has 1 unspecified atom stereocenters. The summed E-state index contributed by atoms with van der Waals surface area (Å²) < 4.78 is 13.6. The minimum Gasteiger partial charge on any atom is -0.337 e. The molecule has 4 aromatic heterocycles. The molecular weight excluding hydrogens is 399 g/mol. The van der Waals surface area contributed by atoms with Gasteiger partial charge in [-0.3, -0.25) is 10.1 Å². The first-order valence-electron chi connectivity index (χ1n) is 9.52. The second-order valence-corrected chi connectivity index (χ2v) is 8.31. The van der Waals surface area contributed by atoms with Crippen LogP contribution in [0.25, 0.3) is 44.7 Å². The zero-order valence-corrected chi connectivity index (χ0v) is 16.4. The van der Waals surface area contributed by atoms with E-state index in [9.17, 15) is 4.39 Å². The molecule has 2 N–H and O–H groups in total. The molecule has 1 aliphatic rings. The van der Waals surface area contributed by atoms with Crippen LogP contribution in [0.2, 0.25) is 0 Å². The Balaban J connectivity index is 1.47. The van der Waals surface area contributed by atoms with Gasteiger partial charge in [-0.15, -0.1) is 0 Å². The quantitative estimate of drug-likeness (QED) is 0.404. The third-order valence-corrected chi connectivity index (χ3v) is 6.40. The van der Waals surface area contributed by atoms with E-state index in [0.717, 1.165) is 38.8 Å². The summed E-state index contributed by atoms with van der Waals surface area (Å²) in [6.07, 6.45) is 7.65. The average Bonchev–Trinajstić information content (AvgIpc) is 3.51. The van der Waals surface area contributed by atoms with Gasteiger partial charge in [0.25, 0.3) is 0 Å². The van der Waals surface area contributed by atoms with Crippen LogP contribution in [0.4, 0.5) is 4.39 Å². The molecule has 8 heteroatoms. The molecule has 0 aliphatic carbocycles. The lowest BCUT2D eigenvalue weighted by atomic mass is 10.1. The van der Waals surface area contributed by atoms with Crippen molar-refractivity contribution in [2.24, 2.45) is 0 Å². The number of aromatic amines is 2. The molecule has 5 aromatic rings. The van der Waals surface area contributed by atoms with E-state index in [1.165, 1.54) is 11.8 Å². The number of para-hydroxylation sites is 1. The molecule has 5 heterocycles. The molecular formula is C22H15FN6S. The highest BCUT2D eigenvalue weighted by Gasteiger charge is 2.23. The van der Waals surface area contributed by atoms with Crippen LogP contribution in [0.3, 0.4) is 0 Å². The second kappa shape index (κ2) is 6.77. The topological polar surface area (TPSA) is 83.1 Å². The van der Waals surface area contributed by atoms with Crippen LogP contribution in [-0.2, 0) is 0 Å². The van der Waals surface area contributed by atoms with E-state index in [0.29, 0.717) is 17.9 Å². The van der Waals surface area contributed by atoms with Gasteiger partial charge in [-0.1, -0.05) is 30.0 Å². The van der Waals surface area contributed by atoms with E-state index in [2.05, 4.69) is 25.1 Å². The van der Waals surface area contributed by atoms with Crippen LogP contribution in [0, 0.1) is 0 Å². The molecule has 0 fully saturated rings. The number of nitrogens with one attached hydrogen (secondary N) is 2. The number of fused-ring (bicyclic) bond motifs is 2. The summed E-state index contributed by atoms with van der Waals surface area (Å²) in [7, 11) is 0. The fourth-order valence-corrected chi connectivity index (χ4v) is 4.80. The van der Waals surface area contributed by atoms with Crippen molar-refractivity contribution in [2.75, 3.05) is 0 Å². The van der Waals surface area contributed by atoms with Gasteiger partial charge in [0, 0.05) is 35.0 Å². The summed E-state index contributed by atoms with van der Waals surface area (Å²) in [4.78, 5) is 16.9. The molecule has 6 nitrogen and oxygen atoms in total. The zero-order valence-electron chi connectivity index (χ0n) is 15.6. The standard InChI is InChI=1S/C22H15FN6S/c23-18-7-6-17(30-18)14-4-1-5-16-19(14)27-22(26-16)20-15-9-13(11-25-21(15)29-28-20)12-3-2-8-24-10-12/h1-5,7-11,17H,6H2,(H,26,27)(H,25,28,29). The van der Waals surface area contributed by atoms with E-state index in [1.54, 1.807) is 18.5 Å². The number of aromatic nitrogens is 6. The molecule has 0 radical (unpaired) electrons. The molecule has 1 aromatic carbocycles. The highest BCUT2D eigenvalue weighted by atomic mass is 32.2. The van der Waals surface area contributed by atoms with Crippen molar-refractivity contribution in [3.63, 3.8) is 0 Å². The molecule has 0 amide bonds. The third-order valence-electron chi connectivity index (χ3n) is 5.28. The number of halogens is 1. The van der Waals surface area contributed by atoms with Gasteiger partial charge in [0.2, 0.25) is 0 Å². The first-order valence-corrected chi connectivity index (χ1v) is 10.4. The Hall–Kier alpha value is -3.52. The predicted octanol–water partition coefficient (Wildman–Crippen LogP) is 5.55. The average molecular weight is 414 g/mol. The number of benzene rings is 1. The van der Waals surface area contributed by atoms with Gasteiger partial charge < -0.3 is 4.98 Å². The monoisotopic (exact) mass is 414 g/mol. The van der Waals surface area contributed by atoms with E-state index in [4.69, 9.17) is 4.98 Å². The highest BCUT2D eigenvalue weighted by molar-refractivity contribution is 8.03. The Kier molecular flexibility index (Phi) is 3.92. The number of H-pyrrole nitrogens is 2. The summed E-state index contributed by atoms with van der Waals surface area (Å²) in [5.74, 6) is 0.682. The smallest absolute Gasteiger partial charge is 0.181 e. The molecule has 30 heavy (non-hydrogen) atoms. The summed E-state index contributed by atoms with van der Waals surface area (Å²) in [5, 5.41) is 8.20. The van der Waals surface area contributed by atoms with Gasteiger partial charge >= 0.3 is 0 Å². The van der Waals surface area contributed by atoms with Crippen LogP contribution in [-0.4, -0.2) is 30.1 Å². The number of nitrogens with zero attached hydrogens (tertiary/aromatic N) is 4. The van der Waals surface area contributed by atoms with Gasteiger partial charge in [-0.2, -0.15) is 9.49 Å². The molecule has 6 rings (SSSR count). The number of hydrogen-bond donors (Lipinski definition) is 2. The highest BCUT2D eigenvalue weighted by Crippen LogP contribution is 2.46. The normalized spacial score (nSPS) is 16.4. The lowest BCUT2D eigenvalue weighted by Gasteiger charge is -2.08. The van der Waals surface area contributed by atoms with Crippen molar-refractivity contribution in [1.29, 1.82) is 0 Å². The minimum atomic E-state index is -0.124. The van der Waals surface area contributed by atoms with Crippen LogP contribution in [0.1, 0.15) is 17.2 Å². The number of pyridine rings is 2. The fourth-order valence-electron chi connectivity index (χ4n) is 3.83. The van der Waals surface area contributed by atoms with Crippen molar-refractivity contribution in [3.8, 4) is 22.6 Å². The van der Waals surface area contributed by atoms with Crippen LogP contribution in [0.15, 0.2) is 66.2 Å². The number of imidazole rings is 1. The van der Waals surface area contributed by atoms with Crippen LogP contribution in [0.5, 0.6) is 0 Å². The van der Waals surface area contributed by atoms with E-state index >= 15 is 0 Å². The largest absolute Gasteiger partial charge is 0.337 e. The van der Waals surface area contributed by atoms with Crippen molar-refractivity contribution in [3.05, 3.63) is 71.8 Å². The van der Waals surface area contributed by atoms with Gasteiger partial charge in [-0.25, -0.2) is 9.97 Å². The first kappa shape index (κ1) is 17.3. The fraction of sp³-hybridized carbons (Fsp3) is 0.0909. The minimum absolute atomic E-state index is 0.0437. The van der Waals surface area contributed by atoms with E-state index in [-0.39, 0.29) is 10.4 Å². The Morgan fingerprint density at radius 1 is 1.10 bits per heavy atom. The van der Waals surface area contributed by atoms with Gasteiger partial charge in [-0.05, 0) is 36.3 Å². The summed E-state index contributed by atoms with van der Waals surface area (Å²) in [5.41, 5.74) is 6.13. The Morgan fingerprint density at radius 3 is 2.90 bits per heavy atom. The maximum Gasteiger partial charge on any atom is 0.181 e. The Labute approximate surface area is 174 Å². The van der Waals surface area contributed by atoms with Crippen molar-refractivity contribution in [2.45, 2.75) is 11.7 Å². The predicted molar refractivity (Wildman–Crippen MR) is 116 cm³/mol. The molecule has 1 aliphatic heterocycles. The number of allylic oxidation sites excluding steroid dienone is 1. The summed E-state index contributed by atoms with van der Waals surface area (Å²) >= 11 is 1.25. The third kappa shape index (κ3) is 2.80. The van der Waals surface area contributed by atoms with Crippen molar-refractivity contribution >= 4 is 33.8 Å². The Morgan fingerprint density at radius 2 is 2.07 bits per heavy atom. The van der Waals surface area contributed by atoms with Gasteiger partial charge in [0.15, 0.2) is 16.6 Å². The molecule has 1 atom stereocenters. The second-order valence-electron chi connectivity index (χ2n) is 7.11. The summed E-state index contributed by atoms with van der Waals surface area (Å²) in [6.45, 7) is 0. The summed E-state index contributed by atoms with van der Waals surface area (Å²) in [6, 6.07) is 11.9. The van der Waals surface area contributed by atoms with Gasteiger partial charge in [0.05, 0.1) is 16.4 Å². The molecule has 146 valence electrons. The first-order chi connectivity index (χ1) is 14.8. The molecule has 0 spiro atoms. The number of thioether (sulfide) groups is 1. The van der Waals surface area contributed by atoms with Crippen molar-refractivity contribution in [1.82, 2.24) is 30.1 Å². The number of hydrogen-bond acceptors (Lipinski definition) is 5. The lowest BCUT2D eigenvalue weighted by molar-refractivity contribution is 0.699. The van der Waals surface area contributed by atoms with E-state index in [1.807, 2.05) is 42.6 Å². The van der Waals surface area contributed by atoms with Crippen LogP contribution < -0.4 is 0 Å². The van der Waals surface area contributed by atoms with Gasteiger partial charge in [0.1, 0.15) is 5.69 Å². The molecule has 0 bridgehead atoms. The maximum absolute atomic E-state index is 13.6. The maximum atomic E-state index is 13.6.